The largest absolute Gasteiger partial charge is 0.329 e. The van der Waals surface area contributed by atoms with Gasteiger partial charge in [-0.1, -0.05) is 20.8 Å². The molecule has 1 rings (SSSR count). The fraction of sp³-hybridized carbons (Fsp3) is 1.00. The first-order chi connectivity index (χ1) is 6.11. The van der Waals surface area contributed by atoms with Crippen LogP contribution >= 0.6 is 11.8 Å². The number of nitrogens with two attached hydrogens (primary N) is 1. The van der Waals surface area contributed by atoms with Crippen molar-refractivity contribution in [3.63, 3.8) is 0 Å². The Kier molecular flexibility index (Phi) is 4.60. The van der Waals surface area contributed by atoms with Gasteiger partial charge in [-0.15, -0.1) is 0 Å². The van der Waals surface area contributed by atoms with E-state index >= 15 is 0 Å². The molecular weight excluding hydrogens is 178 g/mol. The van der Waals surface area contributed by atoms with Crippen LogP contribution in [0, 0.1) is 11.8 Å². The first-order valence-electron chi connectivity index (χ1n) is 5.47. The third-order valence-corrected chi connectivity index (χ3v) is 4.32. The van der Waals surface area contributed by atoms with Crippen molar-refractivity contribution in [2.75, 3.05) is 6.54 Å². The smallest absolute Gasteiger partial charge is 0.0144 e. The molecule has 0 spiro atoms. The normalized spacial score (nSPS) is 37.4. The summed E-state index contributed by atoms with van der Waals surface area (Å²) < 4.78 is 0. The molecule has 2 N–H and O–H groups in total. The van der Waals surface area contributed by atoms with Crippen LogP contribution in [-0.4, -0.2) is 17.0 Å². The molecule has 1 saturated carbocycles. The number of hydrogen-bond acceptors (Lipinski definition) is 2. The van der Waals surface area contributed by atoms with E-state index in [2.05, 4.69) is 32.5 Å². The molecule has 13 heavy (non-hydrogen) atoms. The van der Waals surface area contributed by atoms with Crippen molar-refractivity contribution in [2.45, 2.75) is 50.5 Å². The van der Waals surface area contributed by atoms with Crippen LogP contribution in [0.3, 0.4) is 0 Å². The van der Waals surface area contributed by atoms with Crippen LogP contribution in [-0.2, 0) is 0 Å². The Morgan fingerprint density at radius 1 is 1.23 bits per heavy atom. The van der Waals surface area contributed by atoms with E-state index in [1.165, 1.54) is 19.3 Å². The third kappa shape index (κ3) is 3.90. The molecule has 1 aliphatic rings. The quantitative estimate of drug-likeness (QED) is 0.760. The summed E-state index contributed by atoms with van der Waals surface area (Å²) in [4.78, 5) is 0. The first-order valence-corrected chi connectivity index (χ1v) is 6.41. The highest BCUT2D eigenvalue weighted by Crippen LogP contribution is 2.36. The highest BCUT2D eigenvalue weighted by atomic mass is 32.2. The van der Waals surface area contributed by atoms with E-state index in [4.69, 9.17) is 5.73 Å². The summed E-state index contributed by atoms with van der Waals surface area (Å²) in [6.45, 7) is 7.84. The number of rotatable bonds is 3. The molecular formula is C11H23NS. The van der Waals surface area contributed by atoms with Gasteiger partial charge in [0, 0.05) is 17.0 Å². The Bertz CT molecular complexity index is 139. The second kappa shape index (κ2) is 5.26. The van der Waals surface area contributed by atoms with E-state index in [1.54, 1.807) is 0 Å². The van der Waals surface area contributed by atoms with Crippen LogP contribution in [0.15, 0.2) is 0 Å². The van der Waals surface area contributed by atoms with Gasteiger partial charge < -0.3 is 5.73 Å². The molecule has 0 saturated heterocycles. The van der Waals surface area contributed by atoms with E-state index in [0.29, 0.717) is 5.25 Å². The van der Waals surface area contributed by atoms with E-state index < -0.39 is 0 Å². The average Bonchev–Trinajstić information content (AvgIpc) is 2.02. The summed E-state index contributed by atoms with van der Waals surface area (Å²) in [5.74, 6) is 1.84. The van der Waals surface area contributed by atoms with Crippen LogP contribution in [0.25, 0.3) is 0 Å². The molecule has 78 valence electrons. The minimum absolute atomic E-state index is 0.641. The zero-order valence-corrected chi connectivity index (χ0v) is 9.94. The van der Waals surface area contributed by atoms with Crippen LogP contribution < -0.4 is 5.73 Å². The molecule has 2 heteroatoms. The van der Waals surface area contributed by atoms with Crippen molar-refractivity contribution >= 4 is 11.8 Å². The van der Waals surface area contributed by atoms with Gasteiger partial charge >= 0.3 is 0 Å². The summed E-state index contributed by atoms with van der Waals surface area (Å²) in [6, 6.07) is 0. The Labute approximate surface area is 86.8 Å². The van der Waals surface area contributed by atoms with Crippen molar-refractivity contribution in [2.24, 2.45) is 17.6 Å². The summed E-state index contributed by atoms with van der Waals surface area (Å²) in [5.41, 5.74) is 5.64. The van der Waals surface area contributed by atoms with Gasteiger partial charge in [0.25, 0.3) is 0 Å². The van der Waals surface area contributed by atoms with Crippen molar-refractivity contribution in [3.8, 4) is 0 Å². The number of thioether (sulfide) groups is 1. The minimum atomic E-state index is 0.641. The second-order valence-corrected chi connectivity index (χ2v) is 6.47. The van der Waals surface area contributed by atoms with Gasteiger partial charge in [-0.25, -0.2) is 0 Å². The molecule has 1 aliphatic carbocycles. The Hall–Kier alpha value is 0.310. The lowest BCUT2D eigenvalue weighted by Crippen LogP contribution is -2.25. The fourth-order valence-electron chi connectivity index (χ4n) is 2.37. The molecule has 0 aliphatic heterocycles. The van der Waals surface area contributed by atoms with Crippen molar-refractivity contribution in [3.05, 3.63) is 0 Å². The third-order valence-electron chi connectivity index (χ3n) is 2.89. The molecule has 0 bridgehead atoms. The second-order valence-electron chi connectivity index (χ2n) is 4.72. The first kappa shape index (κ1) is 11.4. The van der Waals surface area contributed by atoms with Crippen molar-refractivity contribution < 1.29 is 0 Å². The summed E-state index contributed by atoms with van der Waals surface area (Å²) in [5, 5.41) is 1.51. The maximum absolute atomic E-state index is 5.64. The monoisotopic (exact) mass is 201 g/mol. The maximum atomic E-state index is 5.64. The Morgan fingerprint density at radius 3 is 2.23 bits per heavy atom. The molecule has 1 nitrogen and oxygen atoms in total. The van der Waals surface area contributed by atoms with Gasteiger partial charge in [-0.05, 0) is 31.1 Å². The lowest BCUT2D eigenvalue weighted by atomic mass is 9.83. The predicted molar refractivity (Wildman–Crippen MR) is 62.1 cm³/mol. The van der Waals surface area contributed by atoms with Crippen LogP contribution in [0.1, 0.15) is 40.0 Å². The summed E-state index contributed by atoms with van der Waals surface area (Å²) in [7, 11) is 0. The van der Waals surface area contributed by atoms with E-state index in [-0.39, 0.29) is 0 Å². The molecule has 0 radical (unpaired) electrons. The van der Waals surface area contributed by atoms with Gasteiger partial charge in [-0.2, -0.15) is 11.8 Å². The lowest BCUT2D eigenvalue weighted by molar-refractivity contribution is 0.308. The van der Waals surface area contributed by atoms with Gasteiger partial charge in [0.2, 0.25) is 0 Å². The van der Waals surface area contributed by atoms with Gasteiger partial charge in [-0.3, -0.25) is 0 Å². The van der Waals surface area contributed by atoms with E-state index in [9.17, 15) is 0 Å². The number of hydrogen-bond donors (Lipinski definition) is 1. The highest BCUT2D eigenvalue weighted by molar-refractivity contribution is 8.00. The zero-order chi connectivity index (χ0) is 9.84. The molecule has 0 aromatic rings. The fourth-order valence-corrected chi connectivity index (χ4v) is 4.02. The molecule has 3 unspecified atom stereocenters. The maximum Gasteiger partial charge on any atom is 0.0144 e. The van der Waals surface area contributed by atoms with Crippen LogP contribution in [0.5, 0.6) is 0 Å². The SMILES string of the molecule is CC1CC(C)CC(SC(C)CN)C1. The van der Waals surface area contributed by atoms with Gasteiger partial charge in [0.15, 0.2) is 0 Å². The minimum Gasteiger partial charge on any atom is -0.329 e. The lowest BCUT2D eigenvalue weighted by Gasteiger charge is -2.32. The summed E-state index contributed by atoms with van der Waals surface area (Å²) in [6.07, 6.45) is 4.23. The zero-order valence-electron chi connectivity index (χ0n) is 9.12. The molecule has 0 amide bonds. The summed E-state index contributed by atoms with van der Waals surface area (Å²) >= 11 is 2.10. The molecule has 0 aromatic heterocycles. The highest BCUT2D eigenvalue weighted by Gasteiger charge is 2.25. The van der Waals surface area contributed by atoms with Crippen molar-refractivity contribution in [1.82, 2.24) is 0 Å². The standard InChI is InChI=1S/C11H23NS/c1-8-4-9(2)6-11(5-8)13-10(3)7-12/h8-11H,4-7,12H2,1-3H3. The van der Waals surface area contributed by atoms with E-state index in [0.717, 1.165) is 23.6 Å². The van der Waals surface area contributed by atoms with E-state index in [1.807, 2.05) is 0 Å². The molecule has 1 fully saturated rings. The average molecular weight is 201 g/mol. The van der Waals surface area contributed by atoms with Gasteiger partial charge in [0.1, 0.15) is 0 Å². The Balaban J connectivity index is 2.32. The molecule has 3 atom stereocenters. The predicted octanol–water partition coefficient (Wildman–Crippen LogP) is 2.89. The van der Waals surface area contributed by atoms with Crippen LogP contribution in [0.4, 0.5) is 0 Å². The van der Waals surface area contributed by atoms with Crippen LogP contribution in [0.2, 0.25) is 0 Å². The van der Waals surface area contributed by atoms with Gasteiger partial charge in [0.05, 0.1) is 0 Å². The Morgan fingerprint density at radius 2 is 1.77 bits per heavy atom. The molecule has 0 heterocycles. The molecule has 0 aromatic carbocycles. The van der Waals surface area contributed by atoms with Crippen molar-refractivity contribution in [1.29, 1.82) is 0 Å². The topological polar surface area (TPSA) is 26.0 Å².